The first-order valence-corrected chi connectivity index (χ1v) is 12.3. The van der Waals surface area contributed by atoms with Crippen LogP contribution in [0.25, 0.3) is 0 Å². The van der Waals surface area contributed by atoms with Gasteiger partial charge in [0.05, 0.1) is 15.8 Å². The molecular weight excluding hydrogens is 475 g/mol. The Morgan fingerprint density at radius 3 is 2.39 bits per heavy atom. The maximum absolute atomic E-state index is 12.8. The van der Waals surface area contributed by atoms with Gasteiger partial charge in [-0.3, -0.25) is 14.5 Å². The van der Waals surface area contributed by atoms with Crippen molar-refractivity contribution in [2.75, 3.05) is 16.0 Å². The molecule has 1 aliphatic heterocycles. The third-order valence-corrected chi connectivity index (χ3v) is 7.44. The summed E-state index contributed by atoms with van der Waals surface area (Å²) >= 11 is 13.6. The Hall–Kier alpha value is -2.47. The molecule has 2 amide bonds. The first kappa shape index (κ1) is 23.7. The lowest BCUT2D eigenvalue weighted by Gasteiger charge is -2.26. The summed E-state index contributed by atoms with van der Waals surface area (Å²) < 4.78 is 0. The van der Waals surface area contributed by atoms with E-state index in [4.69, 9.17) is 23.2 Å². The first-order valence-electron chi connectivity index (χ1n) is 10.5. The molecule has 0 aliphatic carbocycles. The molecule has 3 aromatic rings. The molecule has 0 aromatic heterocycles. The Kier molecular flexibility index (Phi) is 6.76. The Morgan fingerprint density at radius 2 is 1.73 bits per heavy atom. The van der Waals surface area contributed by atoms with Gasteiger partial charge in [0.15, 0.2) is 0 Å². The molecule has 1 unspecified atom stereocenters. The summed E-state index contributed by atoms with van der Waals surface area (Å²) in [5.74, 6) is 0.195. The Balaban J connectivity index is 1.57. The number of carbonyl (C=O) groups excluding carboxylic acids is 2. The minimum absolute atomic E-state index is 0.0442. The maximum atomic E-state index is 12.8. The van der Waals surface area contributed by atoms with Crippen molar-refractivity contribution in [1.29, 1.82) is 0 Å². The zero-order chi connectivity index (χ0) is 23.8. The molecule has 7 heteroatoms. The summed E-state index contributed by atoms with van der Waals surface area (Å²) in [5.41, 5.74) is 4.13. The molecule has 170 valence electrons. The lowest BCUT2D eigenvalue weighted by molar-refractivity contribution is -0.115. The number of carbonyl (C=O) groups is 2. The van der Waals surface area contributed by atoms with Crippen LogP contribution < -0.4 is 10.2 Å². The molecule has 3 aromatic carbocycles. The summed E-state index contributed by atoms with van der Waals surface area (Å²) in [4.78, 5) is 27.3. The van der Waals surface area contributed by atoms with Gasteiger partial charge in [-0.1, -0.05) is 68.2 Å². The average Bonchev–Trinajstić information content (AvgIpc) is 3.16. The molecule has 4 rings (SSSR count). The lowest BCUT2D eigenvalue weighted by Crippen LogP contribution is -2.28. The van der Waals surface area contributed by atoms with Crippen LogP contribution in [0.5, 0.6) is 0 Å². The number of rotatable bonds is 4. The van der Waals surface area contributed by atoms with Crippen molar-refractivity contribution < 1.29 is 9.59 Å². The number of benzene rings is 3. The van der Waals surface area contributed by atoms with Gasteiger partial charge in [0.25, 0.3) is 5.91 Å². The van der Waals surface area contributed by atoms with Crippen molar-refractivity contribution in [3.8, 4) is 0 Å². The van der Waals surface area contributed by atoms with Crippen LogP contribution in [0.1, 0.15) is 47.6 Å². The largest absolute Gasteiger partial charge is 0.322 e. The lowest BCUT2D eigenvalue weighted by atomic mass is 9.87. The van der Waals surface area contributed by atoms with Gasteiger partial charge in [0, 0.05) is 16.9 Å². The van der Waals surface area contributed by atoms with Gasteiger partial charge in [-0.15, -0.1) is 11.8 Å². The number of nitrogens with one attached hydrogen (secondary N) is 1. The topological polar surface area (TPSA) is 49.4 Å². The number of nitrogens with zero attached hydrogens (tertiary/aromatic N) is 1. The van der Waals surface area contributed by atoms with Gasteiger partial charge in [-0.25, -0.2) is 0 Å². The van der Waals surface area contributed by atoms with E-state index in [0.717, 1.165) is 11.3 Å². The minimum Gasteiger partial charge on any atom is -0.322 e. The summed E-state index contributed by atoms with van der Waals surface area (Å²) in [6, 6.07) is 20.5. The van der Waals surface area contributed by atoms with Gasteiger partial charge in [-0.2, -0.15) is 0 Å². The molecule has 1 saturated heterocycles. The van der Waals surface area contributed by atoms with Crippen molar-refractivity contribution in [2.24, 2.45) is 0 Å². The van der Waals surface area contributed by atoms with E-state index in [2.05, 4.69) is 38.2 Å². The fourth-order valence-electron chi connectivity index (χ4n) is 3.68. The van der Waals surface area contributed by atoms with E-state index in [1.807, 2.05) is 41.3 Å². The highest BCUT2D eigenvalue weighted by Crippen LogP contribution is 2.42. The van der Waals surface area contributed by atoms with Gasteiger partial charge in [0.1, 0.15) is 5.37 Å². The van der Waals surface area contributed by atoms with Crippen molar-refractivity contribution in [3.05, 3.63) is 93.5 Å². The van der Waals surface area contributed by atoms with E-state index >= 15 is 0 Å². The second kappa shape index (κ2) is 9.41. The van der Waals surface area contributed by atoms with E-state index in [1.165, 1.54) is 11.6 Å². The van der Waals surface area contributed by atoms with Crippen LogP contribution in [0.15, 0.2) is 66.7 Å². The van der Waals surface area contributed by atoms with E-state index in [0.29, 0.717) is 27.0 Å². The molecule has 1 atom stereocenters. The average molecular weight is 499 g/mol. The second-order valence-corrected chi connectivity index (χ2v) is 10.8. The fraction of sp³-hybridized carbons (Fsp3) is 0.231. The molecule has 4 nitrogen and oxygen atoms in total. The summed E-state index contributed by atoms with van der Waals surface area (Å²) in [7, 11) is 0. The van der Waals surface area contributed by atoms with Crippen LogP contribution in [-0.2, 0) is 10.2 Å². The molecular formula is C26H24Cl2N2O2S. The monoisotopic (exact) mass is 498 g/mol. The van der Waals surface area contributed by atoms with Crippen LogP contribution in [0, 0.1) is 0 Å². The van der Waals surface area contributed by atoms with Gasteiger partial charge in [0.2, 0.25) is 5.91 Å². The van der Waals surface area contributed by atoms with E-state index in [-0.39, 0.29) is 22.6 Å². The van der Waals surface area contributed by atoms with Crippen molar-refractivity contribution >= 4 is 58.2 Å². The molecule has 0 bridgehead atoms. The highest BCUT2D eigenvalue weighted by atomic mass is 35.5. The van der Waals surface area contributed by atoms with E-state index in [9.17, 15) is 9.59 Å². The molecule has 1 aliphatic rings. The highest BCUT2D eigenvalue weighted by molar-refractivity contribution is 8.00. The van der Waals surface area contributed by atoms with Crippen LogP contribution in [-0.4, -0.2) is 17.6 Å². The SMILES string of the molecule is CC(C)(C)c1ccc(N2C(=O)CSC2c2cccc(NC(=O)c3ccc(Cl)c(Cl)c3)c2)cc1. The van der Waals surface area contributed by atoms with E-state index in [1.54, 1.807) is 23.9 Å². The summed E-state index contributed by atoms with van der Waals surface area (Å²) in [6.07, 6.45) is 0. The van der Waals surface area contributed by atoms with E-state index < -0.39 is 0 Å². The predicted octanol–water partition coefficient (Wildman–Crippen LogP) is 7.32. The highest BCUT2D eigenvalue weighted by Gasteiger charge is 2.34. The molecule has 0 saturated carbocycles. The number of halogens is 2. The van der Waals surface area contributed by atoms with Gasteiger partial charge in [-0.05, 0) is 59.0 Å². The summed E-state index contributed by atoms with van der Waals surface area (Å²) in [6.45, 7) is 6.50. The Labute approximate surface area is 208 Å². The zero-order valence-corrected chi connectivity index (χ0v) is 20.9. The molecule has 0 radical (unpaired) electrons. The first-order chi connectivity index (χ1) is 15.6. The minimum atomic E-state index is -0.282. The molecule has 1 N–H and O–H groups in total. The quantitative estimate of drug-likeness (QED) is 0.409. The van der Waals surface area contributed by atoms with Crippen LogP contribution >= 0.6 is 35.0 Å². The number of hydrogen-bond acceptors (Lipinski definition) is 3. The van der Waals surface area contributed by atoms with Crippen molar-refractivity contribution in [3.63, 3.8) is 0 Å². The zero-order valence-electron chi connectivity index (χ0n) is 18.6. The van der Waals surface area contributed by atoms with Gasteiger partial charge >= 0.3 is 0 Å². The second-order valence-electron chi connectivity index (χ2n) is 8.93. The maximum Gasteiger partial charge on any atom is 0.255 e. The number of hydrogen-bond donors (Lipinski definition) is 1. The normalized spacial score (nSPS) is 16.2. The van der Waals surface area contributed by atoms with Crippen molar-refractivity contribution in [1.82, 2.24) is 0 Å². The molecule has 33 heavy (non-hydrogen) atoms. The standard InChI is InChI=1S/C26H24Cl2N2O2S/c1-26(2,3)18-8-10-20(11-9-18)30-23(31)15-33-25(30)17-5-4-6-19(13-17)29-24(32)16-7-12-21(27)22(28)14-16/h4-14,25H,15H2,1-3H3,(H,29,32). The third kappa shape index (κ3) is 5.21. The van der Waals surface area contributed by atoms with Gasteiger partial charge < -0.3 is 5.32 Å². The Morgan fingerprint density at radius 1 is 1.00 bits per heavy atom. The fourth-order valence-corrected chi connectivity index (χ4v) is 5.15. The van der Waals surface area contributed by atoms with Crippen molar-refractivity contribution in [2.45, 2.75) is 31.6 Å². The number of anilines is 2. The third-order valence-electron chi connectivity index (χ3n) is 5.49. The number of thioether (sulfide) groups is 1. The predicted molar refractivity (Wildman–Crippen MR) is 139 cm³/mol. The van der Waals surface area contributed by atoms with Crippen LogP contribution in [0.4, 0.5) is 11.4 Å². The van der Waals surface area contributed by atoms with Crippen LogP contribution in [0.3, 0.4) is 0 Å². The van der Waals surface area contributed by atoms with Crippen LogP contribution in [0.2, 0.25) is 10.0 Å². The smallest absolute Gasteiger partial charge is 0.255 e. The summed E-state index contributed by atoms with van der Waals surface area (Å²) in [5, 5.41) is 3.46. The molecule has 1 heterocycles. The number of amides is 2. The molecule has 0 spiro atoms. The molecule has 1 fully saturated rings. The Bertz CT molecular complexity index is 1210.